The van der Waals surface area contributed by atoms with Gasteiger partial charge in [0.25, 0.3) is 10.0 Å². The minimum absolute atomic E-state index is 0.193. The monoisotopic (exact) mass is 467 g/mol. The van der Waals surface area contributed by atoms with Gasteiger partial charge in [0.2, 0.25) is 0 Å². The molecule has 0 aliphatic carbocycles. The van der Waals surface area contributed by atoms with Crippen molar-refractivity contribution in [3.63, 3.8) is 0 Å². The van der Waals surface area contributed by atoms with E-state index in [4.69, 9.17) is 0 Å². The van der Waals surface area contributed by atoms with Crippen molar-refractivity contribution in [1.82, 2.24) is 0 Å². The molecular weight excluding hydrogens is 462 g/mol. The molecule has 2 rings (SSSR count). The lowest BCUT2D eigenvalue weighted by molar-refractivity contribution is 0.600. The van der Waals surface area contributed by atoms with Crippen LogP contribution in [-0.4, -0.2) is 8.42 Å². The molecule has 2 aromatic carbocycles. The van der Waals surface area contributed by atoms with E-state index in [1.807, 2.05) is 0 Å². The Morgan fingerprint density at radius 1 is 0.842 bits per heavy atom. The smallest absolute Gasteiger partial charge is 0.263 e. The van der Waals surface area contributed by atoms with Crippen molar-refractivity contribution in [3.05, 3.63) is 55.9 Å². The molecule has 100 valence electrons. The highest BCUT2D eigenvalue weighted by Gasteiger charge is 2.17. The van der Waals surface area contributed by atoms with Gasteiger partial charge in [-0.3, -0.25) is 4.72 Å². The molecule has 0 aromatic heterocycles. The van der Waals surface area contributed by atoms with E-state index in [1.54, 1.807) is 36.4 Å². The maximum Gasteiger partial charge on any atom is 0.263 e. The highest BCUT2D eigenvalue weighted by Crippen LogP contribution is 2.27. The number of halogens is 3. The van der Waals surface area contributed by atoms with E-state index < -0.39 is 10.0 Å². The van der Waals surface area contributed by atoms with Gasteiger partial charge in [-0.1, -0.05) is 31.9 Å². The molecule has 2 aromatic rings. The Morgan fingerprint density at radius 3 is 2.00 bits per heavy atom. The van der Waals surface area contributed by atoms with Crippen molar-refractivity contribution in [3.8, 4) is 0 Å². The van der Waals surface area contributed by atoms with Crippen molar-refractivity contribution in [2.24, 2.45) is 0 Å². The first-order valence-electron chi connectivity index (χ1n) is 5.12. The predicted molar refractivity (Wildman–Crippen MR) is 86.8 cm³/mol. The molecule has 3 nitrogen and oxygen atoms in total. The van der Waals surface area contributed by atoms with Crippen molar-refractivity contribution < 1.29 is 8.42 Å². The molecule has 0 spiro atoms. The Bertz CT molecular complexity index is 699. The minimum atomic E-state index is -3.61. The van der Waals surface area contributed by atoms with Crippen LogP contribution in [0.15, 0.2) is 60.8 Å². The van der Waals surface area contributed by atoms with Gasteiger partial charge in [-0.15, -0.1) is 0 Å². The fraction of sp³-hybridized carbons (Fsp3) is 0. The van der Waals surface area contributed by atoms with Crippen LogP contribution in [0.1, 0.15) is 0 Å². The Hall–Kier alpha value is -0.370. The molecule has 0 amide bonds. The number of hydrogen-bond donors (Lipinski definition) is 1. The molecule has 0 atom stereocenters. The molecular formula is C12H8Br3NO2S. The zero-order valence-corrected chi connectivity index (χ0v) is 15.0. The summed E-state index contributed by atoms with van der Waals surface area (Å²) in [5.41, 5.74) is 0.512. The van der Waals surface area contributed by atoms with Crippen molar-refractivity contribution in [2.75, 3.05) is 4.72 Å². The van der Waals surface area contributed by atoms with Gasteiger partial charge in [0.05, 0.1) is 0 Å². The van der Waals surface area contributed by atoms with Crippen LogP contribution in [0.3, 0.4) is 0 Å². The predicted octanol–water partition coefficient (Wildman–Crippen LogP) is 4.77. The average molecular weight is 470 g/mol. The van der Waals surface area contributed by atoms with Gasteiger partial charge < -0.3 is 0 Å². The van der Waals surface area contributed by atoms with Crippen molar-refractivity contribution in [2.45, 2.75) is 4.90 Å². The molecule has 19 heavy (non-hydrogen) atoms. The number of sulfonamides is 1. The SMILES string of the molecule is O=S(=O)(Nc1ccc(Br)cc1)c1ccc(Br)cc1Br. The number of rotatable bonds is 3. The van der Waals surface area contributed by atoms with Gasteiger partial charge >= 0.3 is 0 Å². The molecule has 1 N–H and O–H groups in total. The quantitative estimate of drug-likeness (QED) is 0.703. The van der Waals surface area contributed by atoms with Gasteiger partial charge in [0.15, 0.2) is 0 Å². The standard InChI is InChI=1S/C12H8Br3NO2S/c13-8-1-4-10(5-2-8)16-19(17,18)12-6-3-9(14)7-11(12)15/h1-7,16H. The van der Waals surface area contributed by atoms with E-state index in [0.29, 0.717) is 10.2 Å². The zero-order chi connectivity index (χ0) is 14.0. The van der Waals surface area contributed by atoms with Crippen molar-refractivity contribution in [1.29, 1.82) is 0 Å². The fourth-order valence-corrected chi connectivity index (χ4v) is 4.49. The van der Waals surface area contributed by atoms with E-state index in [9.17, 15) is 8.42 Å². The van der Waals surface area contributed by atoms with Crippen LogP contribution in [0.2, 0.25) is 0 Å². The lowest BCUT2D eigenvalue weighted by Crippen LogP contribution is -2.13. The maximum absolute atomic E-state index is 12.3. The Kier molecular flexibility index (Phi) is 4.70. The first kappa shape index (κ1) is 15.0. The largest absolute Gasteiger partial charge is 0.280 e. The minimum Gasteiger partial charge on any atom is -0.280 e. The third-order valence-electron chi connectivity index (χ3n) is 2.28. The van der Waals surface area contributed by atoms with Crippen molar-refractivity contribution >= 4 is 63.5 Å². The number of anilines is 1. The van der Waals surface area contributed by atoms with Gasteiger partial charge in [-0.05, 0) is 58.4 Å². The summed E-state index contributed by atoms with van der Waals surface area (Å²) in [4.78, 5) is 0.193. The number of hydrogen-bond acceptors (Lipinski definition) is 2. The van der Waals surface area contributed by atoms with Gasteiger partial charge in [-0.25, -0.2) is 8.42 Å². The van der Waals surface area contributed by atoms with Crippen LogP contribution < -0.4 is 4.72 Å². The third kappa shape index (κ3) is 3.81. The summed E-state index contributed by atoms with van der Waals surface area (Å²) in [6.45, 7) is 0. The lowest BCUT2D eigenvalue weighted by Gasteiger charge is -2.10. The summed E-state index contributed by atoms with van der Waals surface area (Å²) in [6, 6.07) is 11.8. The van der Waals surface area contributed by atoms with Crippen LogP contribution in [0, 0.1) is 0 Å². The summed E-state index contributed by atoms with van der Waals surface area (Å²) in [7, 11) is -3.61. The molecule has 0 fully saturated rings. The van der Waals surface area contributed by atoms with Gasteiger partial charge in [-0.2, -0.15) is 0 Å². The van der Waals surface area contributed by atoms with Gasteiger partial charge in [0.1, 0.15) is 4.90 Å². The second-order valence-corrected chi connectivity index (χ2v) is 8.02. The molecule has 7 heteroatoms. The fourth-order valence-electron chi connectivity index (χ4n) is 1.42. The molecule has 0 saturated heterocycles. The molecule has 0 unspecified atom stereocenters. The average Bonchev–Trinajstić information content (AvgIpc) is 2.31. The normalized spacial score (nSPS) is 11.3. The van der Waals surface area contributed by atoms with E-state index in [1.165, 1.54) is 6.07 Å². The summed E-state index contributed by atoms with van der Waals surface area (Å²) in [5, 5.41) is 0. The second-order valence-electron chi connectivity index (χ2n) is 3.69. The first-order chi connectivity index (χ1) is 8.88. The van der Waals surface area contributed by atoms with Crippen LogP contribution in [-0.2, 0) is 10.0 Å². The zero-order valence-electron chi connectivity index (χ0n) is 9.40. The Morgan fingerprint density at radius 2 is 1.42 bits per heavy atom. The number of nitrogens with one attached hydrogen (secondary N) is 1. The third-order valence-corrected chi connectivity index (χ3v) is 5.66. The summed E-state index contributed by atoms with van der Waals surface area (Å²) in [6.07, 6.45) is 0. The number of benzene rings is 2. The molecule has 0 bridgehead atoms. The van der Waals surface area contributed by atoms with E-state index in [2.05, 4.69) is 52.5 Å². The van der Waals surface area contributed by atoms with Crippen LogP contribution in [0.4, 0.5) is 5.69 Å². The lowest BCUT2D eigenvalue weighted by atomic mass is 10.3. The molecule has 0 saturated carbocycles. The van der Waals surface area contributed by atoms with Gasteiger partial charge in [0, 0.05) is 19.1 Å². The summed E-state index contributed by atoms with van der Waals surface area (Å²) in [5.74, 6) is 0. The van der Waals surface area contributed by atoms with E-state index >= 15 is 0 Å². The molecule has 0 aliphatic rings. The van der Waals surface area contributed by atoms with Crippen LogP contribution in [0.25, 0.3) is 0 Å². The van der Waals surface area contributed by atoms with E-state index in [-0.39, 0.29) is 4.90 Å². The molecule has 0 aliphatic heterocycles. The van der Waals surface area contributed by atoms with Crippen LogP contribution in [0.5, 0.6) is 0 Å². The Balaban J connectivity index is 2.35. The highest BCUT2D eigenvalue weighted by molar-refractivity contribution is 9.11. The topological polar surface area (TPSA) is 46.2 Å². The molecule has 0 heterocycles. The maximum atomic E-state index is 12.3. The van der Waals surface area contributed by atoms with Crippen LogP contribution >= 0.6 is 47.8 Å². The highest BCUT2D eigenvalue weighted by atomic mass is 79.9. The van der Waals surface area contributed by atoms with E-state index in [0.717, 1.165) is 8.95 Å². The molecule has 0 radical (unpaired) electrons. The first-order valence-corrected chi connectivity index (χ1v) is 8.98. The second kappa shape index (κ2) is 5.95. The Labute approximate surface area is 136 Å². The summed E-state index contributed by atoms with van der Waals surface area (Å²) < 4.78 is 29.2. The summed E-state index contributed by atoms with van der Waals surface area (Å²) >= 11 is 9.84.